The van der Waals surface area contributed by atoms with Gasteiger partial charge in [0.2, 0.25) is 5.91 Å². The van der Waals surface area contributed by atoms with E-state index in [9.17, 15) is 9.59 Å². The first-order valence-electron chi connectivity index (χ1n) is 7.96. The third-order valence-corrected chi connectivity index (χ3v) is 3.63. The zero-order valence-corrected chi connectivity index (χ0v) is 14.3. The molecule has 0 aliphatic heterocycles. The maximum absolute atomic E-state index is 12.4. The van der Waals surface area contributed by atoms with Crippen molar-refractivity contribution >= 4 is 34.2 Å². The van der Waals surface area contributed by atoms with Gasteiger partial charge in [-0.15, -0.1) is 0 Å². The van der Waals surface area contributed by atoms with Crippen molar-refractivity contribution in [3.8, 4) is 0 Å². The summed E-state index contributed by atoms with van der Waals surface area (Å²) in [6.07, 6.45) is 3.34. The number of carbonyl (C=O) groups is 2. The highest BCUT2D eigenvalue weighted by Gasteiger charge is 2.11. The fourth-order valence-corrected chi connectivity index (χ4v) is 2.53. The fourth-order valence-electron chi connectivity index (χ4n) is 2.53. The Morgan fingerprint density at radius 2 is 1.88 bits per heavy atom. The Labute approximate surface area is 145 Å². The maximum Gasteiger partial charge on any atom is 0.255 e. The first-order chi connectivity index (χ1) is 11.9. The molecule has 2 heterocycles. The summed E-state index contributed by atoms with van der Waals surface area (Å²) in [6.45, 7) is 5.49. The van der Waals surface area contributed by atoms with Crippen molar-refractivity contribution in [2.45, 2.75) is 26.8 Å². The number of anilines is 2. The third kappa shape index (κ3) is 3.65. The molecular formula is C18H19N5O2. The van der Waals surface area contributed by atoms with Crippen molar-refractivity contribution in [3.63, 3.8) is 0 Å². The van der Waals surface area contributed by atoms with Crippen molar-refractivity contribution in [2.75, 3.05) is 10.6 Å². The van der Waals surface area contributed by atoms with Gasteiger partial charge in [-0.05, 0) is 38.1 Å². The predicted molar refractivity (Wildman–Crippen MR) is 96.6 cm³/mol. The van der Waals surface area contributed by atoms with Crippen LogP contribution in [0.1, 0.15) is 37.2 Å². The standard InChI is InChI=1S/C18H19N5O2/c1-11(2)23-17-14(9-20-23)8-16(10-19-17)22-18(25)13-5-4-6-15(7-13)21-12(3)24/h4-11H,1-3H3,(H,21,24)(H,22,25). The fraction of sp³-hybridized carbons (Fsp3) is 0.222. The van der Waals surface area contributed by atoms with Gasteiger partial charge in [-0.1, -0.05) is 6.07 Å². The zero-order valence-electron chi connectivity index (χ0n) is 14.3. The number of rotatable bonds is 4. The SMILES string of the molecule is CC(=O)Nc1cccc(C(=O)Nc2cnc3c(cnn3C(C)C)c2)c1. The van der Waals surface area contributed by atoms with Crippen LogP contribution in [0.5, 0.6) is 0 Å². The lowest BCUT2D eigenvalue weighted by molar-refractivity contribution is -0.114. The van der Waals surface area contributed by atoms with Gasteiger partial charge >= 0.3 is 0 Å². The molecule has 3 aromatic rings. The van der Waals surface area contributed by atoms with E-state index in [4.69, 9.17) is 0 Å². The van der Waals surface area contributed by atoms with Gasteiger partial charge in [0.1, 0.15) is 0 Å². The number of aromatic nitrogens is 3. The molecule has 1 aromatic carbocycles. The minimum atomic E-state index is -0.274. The van der Waals surface area contributed by atoms with Crippen molar-refractivity contribution in [3.05, 3.63) is 48.3 Å². The molecule has 2 aromatic heterocycles. The van der Waals surface area contributed by atoms with E-state index in [1.165, 1.54) is 6.92 Å². The average molecular weight is 337 g/mol. The molecular weight excluding hydrogens is 318 g/mol. The van der Waals surface area contributed by atoms with Gasteiger partial charge in [0.25, 0.3) is 5.91 Å². The minimum absolute atomic E-state index is 0.186. The van der Waals surface area contributed by atoms with Crippen LogP contribution in [0.4, 0.5) is 11.4 Å². The highest BCUT2D eigenvalue weighted by Crippen LogP contribution is 2.20. The van der Waals surface area contributed by atoms with Crippen molar-refractivity contribution < 1.29 is 9.59 Å². The number of amides is 2. The molecule has 2 N–H and O–H groups in total. The largest absolute Gasteiger partial charge is 0.326 e. The Hall–Kier alpha value is -3.22. The summed E-state index contributed by atoms with van der Waals surface area (Å²) in [5.41, 5.74) is 2.39. The van der Waals surface area contributed by atoms with Gasteiger partial charge in [-0.25, -0.2) is 9.67 Å². The molecule has 2 amide bonds. The van der Waals surface area contributed by atoms with E-state index >= 15 is 0 Å². The zero-order chi connectivity index (χ0) is 18.0. The Morgan fingerprint density at radius 3 is 2.60 bits per heavy atom. The summed E-state index contributed by atoms with van der Waals surface area (Å²) in [6, 6.07) is 8.80. The molecule has 0 aliphatic rings. The van der Waals surface area contributed by atoms with Crippen LogP contribution in [0.2, 0.25) is 0 Å². The lowest BCUT2D eigenvalue weighted by Crippen LogP contribution is -2.13. The highest BCUT2D eigenvalue weighted by molar-refractivity contribution is 6.05. The molecule has 0 saturated heterocycles. The summed E-state index contributed by atoms with van der Waals surface area (Å²) in [5.74, 6) is -0.459. The topological polar surface area (TPSA) is 88.9 Å². The van der Waals surface area contributed by atoms with E-state index in [1.54, 1.807) is 36.7 Å². The first kappa shape index (κ1) is 16.6. The Morgan fingerprint density at radius 1 is 1.08 bits per heavy atom. The number of pyridine rings is 1. The van der Waals surface area contributed by atoms with E-state index in [2.05, 4.69) is 20.7 Å². The molecule has 128 valence electrons. The predicted octanol–water partition coefficient (Wildman–Crippen LogP) is 3.22. The molecule has 0 unspecified atom stereocenters. The Bertz CT molecular complexity index is 946. The maximum atomic E-state index is 12.4. The molecule has 7 heteroatoms. The van der Waals surface area contributed by atoms with Gasteiger partial charge in [0, 0.05) is 29.6 Å². The van der Waals surface area contributed by atoms with E-state index in [-0.39, 0.29) is 17.9 Å². The van der Waals surface area contributed by atoms with Crippen LogP contribution in [0.15, 0.2) is 42.7 Å². The van der Waals surface area contributed by atoms with Crippen LogP contribution in [0.3, 0.4) is 0 Å². The normalized spacial score (nSPS) is 10.9. The molecule has 7 nitrogen and oxygen atoms in total. The second-order valence-electron chi connectivity index (χ2n) is 6.04. The average Bonchev–Trinajstić information content (AvgIpc) is 2.98. The van der Waals surface area contributed by atoms with Crippen LogP contribution in [0.25, 0.3) is 11.0 Å². The van der Waals surface area contributed by atoms with Gasteiger partial charge < -0.3 is 10.6 Å². The molecule has 0 spiro atoms. The lowest BCUT2D eigenvalue weighted by atomic mass is 10.2. The third-order valence-electron chi connectivity index (χ3n) is 3.63. The molecule has 25 heavy (non-hydrogen) atoms. The van der Waals surface area contributed by atoms with Crippen LogP contribution in [-0.2, 0) is 4.79 Å². The molecule has 0 atom stereocenters. The Balaban J connectivity index is 1.81. The van der Waals surface area contributed by atoms with Gasteiger partial charge in [-0.3, -0.25) is 9.59 Å². The number of hydrogen-bond acceptors (Lipinski definition) is 4. The lowest BCUT2D eigenvalue weighted by Gasteiger charge is -2.08. The summed E-state index contributed by atoms with van der Waals surface area (Å²) in [7, 11) is 0. The van der Waals surface area contributed by atoms with Crippen LogP contribution in [-0.4, -0.2) is 26.6 Å². The summed E-state index contributed by atoms with van der Waals surface area (Å²) in [5, 5.41) is 10.7. The second-order valence-corrected chi connectivity index (χ2v) is 6.04. The monoisotopic (exact) mass is 337 g/mol. The number of nitrogens with one attached hydrogen (secondary N) is 2. The van der Waals surface area contributed by atoms with Crippen LogP contribution < -0.4 is 10.6 Å². The summed E-state index contributed by atoms with van der Waals surface area (Å²) in [4.78, 5) is 28.0. The van der Waals surface area contributed by atoms with Gasteiger partial charge in [-0.2, -0.15) is 5.10 Å². The van der Waals surface area contributed by atoms with Gasteiger partial charge in [0.15, 0.2) is 5.65 Å². The van der Waals surface area contributed by atoms with Crippen molar-refractivity contribution in [1.29, 1.82) is 0 Å². The van der Waals surface area contributed by atoms with Gasteiger partial charge in [0.05, 0.1) is 18.1 Å². The van der Waals surface area contributed by atoms with Crippen LogP contribution in [0, 0.1) is 0 Å². The number of nitrogens with zero attached hydrogens (tertiary/aromatic N) is 3. The van der Waals surface area contributed by atoms with E-state index in [1.807, 2.05) is 24.6 Å². The molecule has 0 bridgehead atoms. The molecule has 0 aliphatic carbocycles. The second kappa shape index (κ2) is 6.72. The quantitative estimate of drug-likeness (QED) is 0.765. The van der Waals surface area contributed by atoms with E-state index in [0.29, 0.717) is 16.9 Å². The van der Waals surface area contributed by atoms with E-state index in [0.717, 1.165) is 11.0 Å². The van der Waals surface area contributed by atoms with Crippen molar-refractivity contribution in [1.82, 2.24) is 14.8 Å². The van der Waals surface area contributed by atoms with E-state index < -0.39 is 0 Å². The molecule has 0 saturated carbocycles. The molecule has 0 fully saturated rings. The Kier molecular flexibility index (Phi) is 4.47. The first-order valence-corrected chi connectivity index (χ1v) is 7.96. The number of hydrogen-bond donors (Lipinski definition) is 2. The molecule has 0 radical (unpaired) electrons. The summed E-state index contributed by atoms with van der Waals surface area (Å²) >= 11 is 0. The number of benzene rings is 1. The number of fused-ring (bicyclic) bond motifs is 1. The van der Waals surface area contributed by atoms with Crippen molar-refractivity contribution in [2.24, 2.45) is 0 Å². The smallest absolute Gasteiger partial charge is 0.255 e. The highest BCUT2D eigenvalue weighted by atomic mass is 16.2. The minimum Gasteiger partial charge on any atom is -0.326 e. The summed E-state index contributed by atoms with van der Waals surface area (Å²) < 4.78 is 1.83. The molecule has 3 rings (SSSR count). The number of carbonyl (C=O) groups excluding carboxylic acids is 2. The van der Waals surface area contributed by atoms with Crippen LogP contribution >= 0.6 is 0 Å².